The molecule has 0 radical (unpaired) electrons. The molecule has 1 aromatic rings. The Balaban J connectivity index is 2.85. The van der Waals surface area contributed by atoms with Crippen molar-refractivity contribution in [2.45, 2.75) is 37.2 Å². The van der Waals surface area contributed by atoms with E-state index in [9.17, 15) is 15.2 Å². The highest BCUT2D eigenvalue weighted by Gasteiger charge is 2.15. The van der Waals surface area contributed by atoms with Gasteiger partial charge in [0.05, 0.1) is 16.1 Å². The van der Waals surface area contributed by atoms with Crippen LogP contribution in [0.25, 0.3) is 0 Å². The first-order valence-electron chi connectivity index (χ1n) is 4.87. The van der Waals surface area contributed by atoms with Crippen LogP contribution in [0.1, 0.15) is 19.4 Å². The van der Waals surface area contributed by atoms with E-state index in [0.717, 1.165) is 0 Å². The number of nitrogens with zero attached hydrogens (tertiary/aromatic N) is 2. The van der Waals surface area contributed by atoms with Gasteiger partial charge in [0.25, 0.3) is 5.69 Å². The molecule has 0 aliphatic rings. The Morgan fingerprint density at radius 1 is 1.56 bits per heavy atom. The van der Waals surface area contributed by atoms with E-state index in [1.165, 1.54) is 18.0 Å². The Bertz CT molecular complexity index is 396. The average molecular weight is 242 g/mol. The predicted octanol–water partition coefficient (Wildman–Crippen LogP) is 2.16. The third-order valence-corrected chi connectivity index (χ3v) is 3.47. The Morgan fingerprint density at radius 3 is 2.62 bits per heavy atom. The van der Waals surface area contributed by atoms with Crippen molar-refractivity contribution in [3.05, 3.63) is 27.9 Å². The summed E-state index contributed by atoms with van der Waals surface area (Å²) >= 11 is 1.40. The van der Waals surface area contributed by atoms with Crippen molar-refractivity contribution >= 4 is 17.4 Å². The van der Waals surface area contributed by atoms with Crippen molar-refractivity contribution in [2.75, 3.05) is 0 Å². The van der Waals surface area contributed by atoms with E-state index in [1.807, 2.05) is 6.92 Å². The van der Waals surface area contributed by atoms with Crippen LogP contribution in [0, 0.1) is 17.0 Å². The monoisotopic (exact) mass is 242 g/mol. The molecular weight excluding hydrogens is 228 g/mol. The zero-order valence-electron chi connectivity index (χ0n) is 9.38. The van der Waals surface area contributed by atoms with Gasteiger partial charge in [-0.15, -0.1) is 11.8 Å². The summed E-state index contributed by atoms with van der Waals surface area (Å²) in [4.78, 5) is 14.1. The van der Waals surface area contributed by atoms with E-state index < -0.39 is 11.0 Å². The SMILES string of the molecule is Cc1cc(SC(C)C(C)O)ncc1[N+](=O)[O-]. The minimum Gasteiger partial charge on any atom is -0.392 e. The molecule has 1 N–H and O–H groups in total. The van der Waals surface area contributed by atoms with Crippen molar-refractivity contribution in [1.82, 2.24) is 4.98 Å². The first-order chi connectivity index (χ1) is 7.41. The molecule has 5 nitrogen and oxygen atoms in total. The summed E-state index contributed by atoms with van der Waals surface area (Å²) in [6, 6.07) is 1.67. The number of hydrogen-bond donors (Lipinski definition) is 1. The van der Waals surface area contributed by atoms with Gasteiger partial charge in [-0.1, -0.05) is 6.92 Å². The fourth-order valence-corrected chi connectivity index (χ4v) is 2.00. The molecule has 0 saturated carbocycles. The topological polar surface area (TPSA) is 76.3 Å². The summed E-state index contributed by atoms with van der Waals surface area (Å²) in [5.41, 5.74) is 0.606. The lowest BCUT2D eigenvalue weighted by atomic mass is 10.3. The predicted molar refractivity (Wildman–Crippen MR) is 62.6 cm³/mol. The summed E-state index contributed by atoms with van der Waals surface area (Å²) in [6.45, 7) is 5.26. The van der Waals surface area contributed by atoms with Gasteiger partial charge in [-0.25, -0.2) is 4.98 Å². The second-order valence-corrected chi connectivity index (χ2v) is 5.03. The van der Waals surface area contributed by atoms with E-state index in [2.05, 4.69) is 4.98 Å². The summed E-state index contributed by atoms with van der Waals surface area (Å²) in [7, 11) is 0. The van der Waals surface area contributed by atoms with E-state index in [4.69, 9.17) is 0 Å². The van der Waals surface area contributed by atoms with Crippen LogP contribution >= 0.6 is 11.8 Å². The largest absolute Gasteiger partial charge is 0.392 e. The highest BCUT2D eigenvalue weighted by molar-refractivity contribution is 7.99. The molecule has 1 heterocycles. The third-order valence-electron chi connectivity index (χ3n) is 2.24. The van der Waals surface area contributed by atoms with E-state index in [-0.39, 0.29) is 10.9 Å². The quantitative estimate of drug-likeness (QED) is 0.497. The maximum atomic E-state index is 10.6. The van der Waals surface area contributed by atoms with Crippen molar-refractivity contribution in [3.8, 4) is 0 Å². The molecular formula is C10H14N2O3S. The molecule has 1 aromatic heterocycles. The van der Waals surface area contributed by atoms with E-state index >= 15 is 0 Å². The normalized spacial score (nSPS) is 14.5. The summed E-state index contributed by atoms with van der Waals surface area (Å²) in [5, 5.41) is 20.6. The number of aryl methyl sites for hydroxylation is 1. The molecule has 16 heavy (non-hydrogen) atoms. The van der Waals surface area contributed by atoms with Crippen LogP contribution < -0.4 is 0 Å². The molecule has 2 atom stereocenters. The molecule has 0 bridgehead atoms. The smallest absolute Gasteiger partial charge is 0.290 e. The number of pyridine rings is 1. The summed E-state index contributed by atoms with van der Waals surface area (Å²) < 4.78 is 0. The standard InChI is InChI=1S/C10H14N2O3S/c1-6-4-10(16-8(3)7(2)13)11-5-9(6)12(14)15/h4-5,7-8,13H,1-3H3. The van der Waals surface area contributed by atoms with Crippen LogP contribution in [-0.2, 0) is 0 Å². The Kier molecular flexibility index (Phi) is 4.26. The number of aromatic nitrogens is 1. The maximum Gasteiger partial charge on any atom is 0.290 e. The molecule has 0 saturated heterocycles. The number of hydrogen-bond acceptors (Lipinski definition) is 5. The lowest BCUT2D eigenvalue weighted by molar-refractivity contribution is -0.385. The number of thioether (sulfide) groups is 1. The van der Waals surface area contributed by atoms with Gasteiger partial charge in [-0.05, 0) is 19.9 Å². The van der Waals surface area contributed by atoms with Gasteiger partial charge in [0.2, 0.25) is 0 Å². The van der Waals surface area contributed by atoms with E-state index in [1.54, 1.807) is 19.9 Å². The number of nitro groups is 1. The third kappa shape index (κ3) is 3.18. The highest BCUT2D eigenvalue weighted by Crippen LogP contribution is 2.26. The Labute approximate surface area is 98.0 Å². The zero-order chi connectivity index (χ0) is 12.3. The minimum absolute atomic E-state index is 0.00774. The first kappa shape index (κ1) is 12.9. The van der Waals surface area contributed by atoms with Gasteiger partial charge in [0.1, 0.15) is 6.20 Å². The van der Waals surface area contributed by atoms with Gasteiger partial charge in [0, 0.05) is 10.8 Å². The van der Waals surface area contributed by atoms with Crippen molar-refractivity contribution in [3.63, 3.8) is 0 Å². The average Bonchev–Trinajstić information content (AvgIpc) is 2.16. The number of rotatable bonds is 4. The molecule has 0 amide bonds. The van der Waals surface area contributed by atoms with Gasteiger partial charge in [-0.3, -0.25) is 10.1 Å². The summed E-state index contributed by atoms with van der Waals surface area (Å²) in [5.74, 6) is 0. The molecule has 2 unspecified atom stereocenters. The van der Waals surface area contributed by atoms with E-state index in [0.29, 0.717) is 10.6 Å². The van der Waals surface area contributed by atoms with Crippen LogP contribution in [0.3, 0.4) is 0 Å². The minimum atomic E-state index is -0.450. The van der Waals surface area contributed by atoms with Gasteiger partial charge in [0.15, 0.2) is 0 Å². The maximum absolute atomic E-state index is 10.6. The van der Waals surface area contributed by atoms with Crippen LogP contribution in [0.5, 0.6) is 0 Å². The van der Waals surface area contributed by atoms with Crippen molar-refractivity contribution < 1.29 is 10.0 Å². The molecule has 1 rings (SSSR count). The van der Waals surface area contributed by atoms with Crippen LogP contribution in [0.4, 0.5) is 5.69 Å². The second-order valence-electron chi connectivity index (χ2n) is 3.63. The van der Waals surface area contributed by atoms with Gasteiger partial charge >= 0.3 is 0 Å². The second kappa shape index (κ2) is 5.27. The fraction of sp³-hybridized carbons (Fsp3) is 0.500. The molecule has 0 aliphatic carbocycles. The summed E-state index contributed by atoms with van der Waals surface area (Å²) in [6.07, 6.45) is 0.814. The first-order valence-corrected chi connectivity index (χ1v) is 5.75. The Hall–Kier alpha value is -1.14. The molecule has 0 aromatic carbocycles. The van der Waals surface area contributed by atoms with Crippen molar-refractivity contribution in [1.29, 1.82) is 0 Å². The van der Waals surface area contributed by atoms with Crippen LogP contribution in [0.2, 0.25) is 0 Å². The number of aliphatic hydroxyl groups is 1. The lowest BCUT2D eigenvalue weighted by Gasteiger charge is -2.13. The van der Waals surface area contributed by atoms with Crippen LogP contribution in [-0.4, -0.2) is 26.4 Å². The molecule has 0 spiro atoms. The Morgan fingerprint density at radius 2 is 2.19 bits per heavy atom. The molecule has 0 aliphatic heterocycles. The van der Waals surface area contributed by atoms with Crippen LogP contribution in [0.15, 0.2) is 17.3 Å². The molecule has 0 fully saturated rings. The highest BCUT2D eigenvalue weighted by atomic mass is 32.2. The van der Waals surface area contributed by atoms with Gasteiger partial charge < -0.3 is 5.11 Å². The lowest BCUT2D eigenvalue weighted by Crippen LogP contribution is -2.15. The molecule has 6 heteroatoms. The molecule has 88 valence electrons. The fourth-order valence-electron chi connectivity index (χ4n) is 1.07. The van der Waals surface area contributed by atoms with Gasteiger partial charge in [-0.2, -0.15) is 0 Å². The van der Waals surface area contributed by atoms with Crippen molar-refractivity contribution in [2.24, 2.45) is 0 Å². The zero-order valence-corrected chi connectivity index (χ0v) is 10.2. The number of aliphatic hydroxyl groups excluding tert-OH is 1.